The molecule has 1 aliphatic carbocycles. The van der Waals surface area contributed by atoms with Crippen molar-refractivity contribution < 1.29 is 34.8 Å². The molecule has 2 aromatic heterocycles. The Morgan fingerprint density at radius 3 is 2.31 bits per heavy atom. The lowest BCUT2D eigenvalue weighted by atomic mass is 9.90. The average molecular weight is 521 g/mol. The van der Waals surface area contributed by atoms with Crippen LogP contribution in [-0.4, -0.2) is 91.2 Å². The fourth-order valence-electron chi connectivity index (χ4n) is 4.51. The van der Waals surface area contributed by atoms with Gasteiger partial charge in [0.25, 0.3) is 5.19 Å². The number of aliphatic hydroxyl groups is 2. The zero-order chi connectivity index (χ0) is 25.7. The summed E-state index contributed by atoms with van der Waals surface area (Å²) in [6.07, 6.45) is 7.07. The number of piperidine rings is 1. The van der Waals surface area contributed by atoms with Crippen LogP contribution >= 0.6 is 11.3 Å². The number of aliphatic carboxylic acids is 2. The normalized spacial score (nSPS) is 20.3. The number of aliphatic hydroxyl groups excluding tert-OH is 2. The largest absolute Gasteiger partial charge is 0.479 e. The van der Waals surface area contributed by atoms with Gasteiger partial charge in [0.15, 0.2) is 12.2 Å². The number of carboxylic acid groups (broad SMARTS) is 2. The number of nitrogens with zero attached hydrogens (tertiary/aromatic N) is 4. The Morgan fingerprint density at radius 2 is 1.75 bits per heavy atom. The van der Waals surface area contributed by atoms with E-state index in [1.54, 1.807) is 11.3 Å². The maximum absolute atomic E-state index is 9.77. The van der Waals surface area contributed by atoms with Crippen LogP contribution in [0.5, 0.6) is 5.19 Å². The summed E-state index contributed by atoms with van der Waals surface area (Å²) in [6.45, 7) is 4.30. The van der Waals surface area contributed by atoms with Gasteiger partial charge in [-0.3, -0.25) is 4.98 Å². The second-order valence-electron chi connectivity index (χ2n) is 9.24. The van der Waals surface area contributed by atoms with Gasteiger partial charge in [-0.15, -0.1) is 0 Å². The first-order chi connectivity index (χ1) is 17.3. The zero-order valence-electron chi connectivity index (χ0n) is 19.9. The van der Waals surface area contributed by atoms with E-state index in [0.29, 0.717) is 6.10 Å². The van der Waals surface area contributed by atoms with Crippen LogP contribution in [0.2, 0.25) is 0 Å². The van der Waals surface area contributed by atoms with Crippen LogP contribution in [-0.2, 0) is 22.6 Å². The Kier molecular flexibility index (Phi) is 8.72. The summed E-state index contributed by atoms with van der Waals surface area (Å²) in [7, 11) is 0. The summed E-state index contributed by atoms with van der Waals surface area (Å²) in [5.41, 5.74) is 2.43. The van der Waals surface area contributed by atoms with Gasteiger partial charge in [-0.1, -0.05) is 17.8 Å². The number of likely N-dealkylation sites (tertiary alicyclic amines) is 1. The predicted octanol–water partition coefficient (Wildman–Crippen LogP) is 1.37. The van der Waals surface area contributed by atoms with E-state index in [1.807, 2.05) is 18.5 Å². The molecular formula is C24H32N4O7S. The summed E-state index contributed by atoms with van der Waals surface area (Å²) in [4.78, 5) is 35.0. The van der Waals surface area contributed by atoms with Crippen LogP contribution in [0.3, 0.4) is 0 Å². The highest BCUT2D eigenvalue weighted by Crippen LogP contribution is 2.34. The fraction of sp³-hybridized carbons (Fsp3) is 0.583. The number of hydrogen-bond acceptors (Lipinski definition) is 10. The van der Waals surface area contributed by atoms with Gasteiger partial charge in [-0.05, 0) is 37.8 Å². The van der Waals surface area contributed by atoms with E-state index >= 15 is 0 Å². The van der Waals surface area contributed by atoms with Crippen molar-refractivity contribution >= 4 is 29.0 Å². The third-order valence-electron chi connectivity index (χ3n) is 6.86. The molecule has 12 heteroatoms. The number of rotatable bonds is 7. The molecule has 0 bridgehead atoms. The highest BCUT2D eigenvalue weighted by molar-refractivity contribution is 7.13. The molecule has 4 N–H and O–H groups in total. The van der Waals surface area contributed by atoms with E-state index < -0.39 is 24.1 Å². The molecule has 2 unspecified atom stereocenters. The van der Waals surface area contributed by atoms with Crippen LogP contribution in [0.25, 0.3) is 0 Å². The first-order valence-electron chi connectivity index (χ1n) is 12.2. The number of hydrogen-bond donors (Lipinski definition) is 4. The SMILES string of the molecule is O=C(O)C(O)C(O)C(=O)O.c1cncc(N2CCc3nc(OC4CCN(C5CCC5)CC4)sc3C2)c1. The third kappa shape index (κ3) is 6.49. The monoisotopic (exact) mass is 520 g/mol. The average Bonchev–Trinajstić information content (AvgIpc) is 3.25. The van der Waals surface area contributed by atoms with E-state index in [4.69, 9.17) is 30.1 Å². The maximum atomic E-state index is 9.77. The van der Waals surface area contributed by atoms with E-state index in [0.717, 1.165) is 43.6 Å². The molecule has 36 heavy (non-hydrogen) atoms. The minimum absolute atomic E-state index is 0.341. The van der Waals surface area contributed by atoms with Gasteiger partial charge < -0.3 is 35.0 Å². The summed E-state index contributed by atoms with van der Waals surface area (Å²) in [6, 6.07) is 5.00. The van der Waals surface area contributed by atoms with E-state index in [2.05, 4.69) is 20.9 Å². The van der Waals surface area contributed by atoms with Gasteiger partial charge in [0.2, 0.25) is 0 Å². The van der Waals surface area contributed by atoms with Crippen LogP contribution in [0.15, 0.2) is 24.5 Å². The highest BCUT2D eigenvalue weighted by atomic mass is 32.1. The van der Waals surface area contributed by atoms with Crippen molar-refractivity contribution in [3.05, 3.63) is 35.1 Å². The molecule has 2 fully saturated rings. The lowest BCUT2D eigenvalue weighted by Gasteiger charge is -2.41. The van der Waals surface area contributed by atoms with Crippen molar-refractivity contribution in [1.82, 2.24) is 14.9 Å². The van der Waals surface area contributed by atoms with Crippen molar-refractivity contribution in [3.8, 4) is 5.19 Å². The van der Waals surface area contributed by atoms with E-state index in [1.165, 1.54) is 48.6 Å². The Hall–Kier alpha value is -2.80. The molecule has 0 aromatic carbocycles. The molecule has 4 heterocycles. The zero-order valence-corrected chi connectivity index (χ0v) is 20.7. The summed E-state index contributed by atoms with van der Waals surface area (Å²) < 4.78 is 6.28. The molecule has 0 amide bonds. The Bertz CT molecular complexity index is 1010. The van der Waals surface area contributed by atoms with Crippen molar-refractivity contribution in [1.29, 1.82) is 0 Å². The molecule has 3 aliphatic rings. The number of carbonyl (C=O) groups is 2. The summed E-state index contributed by atoms with van der Waals surface area (Å²) in [5, 5.41) is 33.4. The van der Waals surface area contributed by atoms with Crippen molar-refractivity contribution in [3.63, 3.8) is 0 Å². The molecule has 0 radical (unpaired) electrons. The smallest absolute Gasteiger partial charge is 0.335 e. The molecule has 11 nitrogen and oxygen atoms in total. The second-order valence-corrected chi connectivity index (χ2v) is 10.3. The van der Waals surface area contributed by atoms with Crippen molar-refractivity contribution in [2.45, 2.75) is 69.4 Å². The van der Waals surface area contributed by atoms with Crippen molar-refractivity contribution in [2.75, 3.05) is 24.5 Å². The second kappa shape index (κ2) is 12.0. The van der Waals surface area contributed by atoms with Gasteiger partial charge in [0.05, 0.1) is 29.0 Å². The lowest BCUT2D eigenvalue weighted by Crippen LogP contribution is -2.46. The number of aromatic nitrogens is 2. The maximum Gasteiger partial charge on any atom is 0.335 e. The van der Waals surface area contributed by atoms with Gasteiger partial charge in [-0.25, -0.2) is 14.6 Å². The molecule has 2 atom stereocenters. The van der Waals surface area contributed by atoms with Crippen LogP contribution < -0.4 is 9.64 Å². The standard InChI is InChI=1S/C20H26N4OS.C4H6O6/c1-3-15(4-1)23-10-6-17(7-11-23)25-20-22-18-8-12-24(14-19(18)26-20)16-5-2-9-21-13-16;5-1(3(7)8)2(6)4(9)10/h2,5,9,13,15,17H,1,3-4,6-8,10-12,14H2;1-2,5-6H,(H,7,8)(H,9,10). The topological polar surface area (TPSA) is 157 Å². The number of carboxylic acids is 2. The molecule has 2 aliphatic heterocycles. The summed E-state index contributed by atoms with van der Waals surface area (Å²) in [5.74, 6) is -3.54. The minimum atomic E-state index is -2.27. The van der Waals surface area contributed by atoms with Gasteiger partial charge in [0.1, 0.15) is 6.10 Å². The van der Waals surface area contributed by atoms with E-state index in [9.17, 15) is 9.59 Å². The Balaban J connectivity index is 0.000000261. The molecule has 1 saturated heterocycles. The van der Waals surface area contributed by atoms with Crippen LogP contribution in [0.1, 0.15) is 42.7 Å². The third-order valence-corrected chi connectivity index (χ3v) is 7.84. The molecular weight excluding hydrogens is 488 g/mol. The quantitative estimate of drug-likeness (QED) is 0.418. The molecule has 5 rings (SSSR count). The number of thiazole rings is 1. The fourth-order valence-corrected chi connectivity index (χ4v) is 5.54. The van der Waals surface area contributed by atoms with Crippen LogP contribution in [0.4, 0.5) is 5.69 Å². The first-order valence-corrected chi connectivity index (χ1v) is 13.0. The van der Waals surface area contributed by atoms with Gasteiger partial charge in [0, 0.05) is 38.3 Å². The number of pyridine rings is 1. The number of anilines is 1. The van der Waals surface area contributed by atoms with Crippen LogP contribution in [0, 0.1) is 0 Å². The molecule has 196 valence electrons. The molecule has 1 saturated carbocycles. The van der Waals surface area contributed by atoms with Gasteiger partial charge in [-0.2, -0.15) is 0 Å². The number of fused-ring (bicyclic) bond motifs is 1. The molecule has 0 spiro atoms. The highest BCUT2D eigenvalue weighted by Gasteiger charge is 2.31. The first kappa shape index (κ1) is 26.3. The van der Waals surface area contributed by atoms with Gasteiger partial charge >= 0.3 is 11.9 Å². The number of ether oxygens (including phenoxy) is 1. The Morgan fingerprint density at radius 1 is 1.06 bits per heavy atom. The predicted molar refractivity (Wildman–Crippen MR) is 131 cm³/mol. The lowest BCUT2D eigenvalue weighted by molar-refractivity contribution is -0.165. The summed E-state index contributed by atoms with van der Waals surface area (Å²) >= 11 is 1.74. The van der Waals surface area contributed by atoms with Crippen molar-refractivity contribution in [2.24, 2.45) is 0 Å². The minimum Gasteiger partial charge on any atom is -0.479 e. The Labute approximate surface area is 213 Å². The molecule has 2 aromatic rings. The van der Waals surface area contributed by atoms with E-state index in [-0.39, 0.29) is 0 Å².